The molecule has 0 unspecified atom stereocenters. The first-order chi connectivity index (χ1) is 23.3. The predicted molar refractivity (Wildman–Crippen MR) is 184 cm³/mol. The van der Waals surface area contributed by atoms with Crippen LogP contribution in [0.15, 0.2) is 36.4 Å². The van der Waals surface area contributed by atoms with Crippen molar-refractivity contribution >= 4 is 29.6 Å². The zero-order valence-electron chi connectivity index (χ0n) is 29.1. The monoisotopic (exact) mass is 688 g/mol. The summed E-state index contributed by atoms with van der Waals surface area (Å²) in [5.41, 5.74) is -2.44. The number of aliphatic carboxylic acids is 3. The molecule has 49 heavy (non-hydrogen) atoms. The fourth-order valence-corrected chi connectivity index (χ4v) is 5.93. The van der Waals surface area contributed by atoms with Crippen LogP contribution in [0, 0.1) is 5.92 Å². The summed E-state index contributed by atoms with van der Waals surface area (Å²) in [5.74, 6) is -7.01. The summed E-state index contributed by atoms with van der Waals surface area (Å²) in [6, 6.07) is 5.34. The first-order valence-electron chi connectivity index (χ1n) is 17.7. The van der Waals surface area contributed by atoms with Crippen LogP contribution >= 0.6 is 0 Å². The number of ether oxygens (including phenoxy) is 1. The minimum absolute atomic E-state index is 0.0854. The topological polar surface area (TPSA) is 191 Å². The third-order valence-electron chi connectivity index (χ3n) is 9.00. The highest BCUT2D eigenvalue weighted by Crippen LogP contribution is 2.26. The third-order valence-corrected chi connectivity index (χ3v) is 9.00. The zero-order valence-corrected chi connectivity index (χ0v) is 29.1. The van der Waals surface area contributed by atoms with Gasteiger partial charge in [-0.15, -0.1) is 0 Å². The predicted octanol–water partition coefficient (Wildman–Crippen LogP) is 5.00. The highest BCUT2D eigenvalue weighted by Gasteiger charge is 2.49. The Hall–Kier alpha value is -3.77. The number of allylic oxidation sites excluding steroid dienone is 1. The molecule has 0 aromatic heterocycles. The second-order valence-electron chi connectivity index (χ2n) is 13.2. The van der Waals surface area contributed by atoms with E-state index in [0.717, 1.165) is 77.0 Å². The molecule has 1 aliphatic rings. The Labute approximate surface area is 289 Å². The second kappa shape index (κ2) is 22.0. The molecule has 2 rings (SSSR count). The lowest BCUT2D eigenvalue weighted by molar-refractivity contribution is -0.172. The van der Waals surface area contributed by atoms with Gasteiger partial charge in [0.2, 0.25) is 5.91 Å². The number of carboxylic acid groups (broad SMARTS) is 3. The van der Waals surface area contributed by atoms with E-state index in [1.807, 2.05) is 0 Å². The number of piperidine rings is 1. The average Bonchev–Trinajstić information content (AvgIpc) is 3.04. The van der Waals surface area contributed by atoms with Crippen molar-refractivity contribution in [3.8, 4) is 5.75 Å². The van der Waals surface area contributed by atoms with Gasteiger partial charge in [0, 0.05) is 32.4 Å². The van der Waals surface area contributed by atoms with Crippen LogP contribution in [-0.2, 0) is 30.4 Å². The van der Waals surface area contributed by atoms with Gasteiger partial charge in [-0.1, -0.05) is 69.7 Å². The Morgan fingerprint density at radius 3 is 2.06 bits per heavy atom. The van der Waals surface area contributed by atoms with E-state index in [-0.39, 0.29) is 18.3 Å². The summed E-state index contributed by atoms with van der Waals surface area (Å²) < 4.78 is 6.04. The lowest BCUT2D eigenvalue weighted by atomic mass is 9.82. The largest absolute Gasteiger partial charge is 0.490 e. The Bertz CT molecular complexity index is 1230. The molecule has 274 valence electrons. The summed E-state index contributed by atoms with van der Waals surface area (Å²) >= 11 is 0. The number of hydrogen-bond donors (Lipinski definition) is 5. The van der Waals surface area contributed by atoms with Gasteiger partial charge in [0.05, 0.1) is 12.3 Å². The second-order valence-corrected chi connectivity index (χ2v) is 13.2. The normalized spacial score (nSPS) is 16.5. The van der Waals surface area contributed by atoms with E-state index in [9.17, 15) is 44.4 Å². The molecular formula is C37H56N2O10. The Balaban J connectivity index is 1.98. The Kier molecular flexibility index (Phi) is 18.6. The highest BCUT2D eigenvalue weighted by atomic mass is 16.5. The van der Waals surface area contributed by atoms with Crippen molar-refractivity contribution in [1.29, 1.82) is 0 Å². The molecule has 3 atom stereocenters. The summed E-state index contributed by atoms with van der Waals surface area (Å²) in [7, 11) is 2.06. The standard InChI is InChI=1S/C37H56N2O10/c1-3-4-5-8-11-14-28(40)15-12-9-6-7-10-13-16-31(37(48,36(46)47)26-33(41)42)34(43)38-32(35(44)45)25-27-17-19-29(20-18-27)49-30-21-23-39(2)24-22-30/h13,16-20,30-32,48H,3-12,14-15,21-26H2,1-2H3,(H,38,43)(H,41,42)(H,44,45)(H,46,47)/b16-13+/t31-,32+,37+/m1/s1. The molecule has 0 aliphatic carbocycles. The number of benzene rings is 1. The van der Waals surface area contributed by atoms with Gasteiger partial charge in [-0.05, 0) is 63.3 Å². The molecule has 1 saturated heterocycles. The molecule has 1 aromatic carbocycles. The van der Waals surface area contributed by atoms with Gasteiger partial charge in [0.25, 0.3) is 0 Å². The number of Topliss-reactive ketones (excluding diaryl/α,β-unsaturated/α-hetero) is 1. The molecule has 0 bridgehead atoms. The summed E-state index contributed by atoms with van der Waals surface area (Å²) in [6.07, 6.45) is 13.2. The van der Waals surface area contributed by atoms with Crippen molar-refractivity contribution in [1.82, 2.24) is 10.2 Å². The van der Waals surface area contributed by atoms with Crippen LogP contribution in [0.2, 0.25) is 0 Å². The summed E-state index contributed by atoms with van der Waals surface area (Å²) in [6.45, 7) is 4.02. The van der Waals surface area contributed by atoms with Crippen molar-refractivity contribution in [2.24, 2.45) is 5.92 Å². The molecule has 12 heteroatoms. The molecule has 1 aromatic rings. The van der Waals surface area contributed by atoms with Gasteiger partial charge in [-0.25, -0.2) is 9.59 Å². The number of amides is 1. The molecule has 1 fully saturated rings. The summed E-state index contributed by atoms with van der Waals surface area (Å²) in [5, 5.41) is 42.3. The Morgan fingerprint density at radius 2 is 1.51 bits per heavy atom. The molecule has 1 heterocycles. The Morgan fingerprint density at radius 1 is 0.918 bits per heavy atom. The maximum atomic E-state index is 13.4. The number of rotatable bonds is 25. The first-order valence-corrected chi connectivity index (χ1v) is 17.7. The van der Waals surface area contributed by atoms with Gasteiger partial charge in [0.1, 0.15) is 23.7 Å². The van der Waals surface area contributed by atoms with Gasteiger partial charge in [-0.2, -0.15) is 0 Å². The smallest absolute Gasteiger partial charge is 0.337 e. The fraction of sp³-hybridized carbons (Fsp3) is 0.649. The van der Waals surface area contributed by atoms with E-state index in [0.29, 0.717) is 37.0 Å². The van der Waals surface area contributed by atoms with E-state index >= 15 is 0 Å². The van der Waals surface area contributed by atoms with E-state index in [2.05, 4.69) is 24.2 Å². The molecule has 12 nitrogen and oxygen atoms in total. The van der Waals surface area contributed by atoms with Crippen LogP contribution in [0.4, 0.5) is 0 Å². The number of hydrogen-bond acceptors (Lipinski definition) is 8. The van der Waals surface area contributed by atoms with Crippen LogP contribution in [0.3, 0.4) is 0 Å². The van der Waals surface area contributed by atoms with Gasteiger partial charge >= 0.3 is 17.9 Å². The molecule has 0 radical (unpaired) electrons. The number of carbonyl (C=O) groups excluding carboxylic acids is 2. The van der Waals surface area contributed by atoms with Gasteiger partial charge < -0.3 is 35.4 Å². The maximum Gasteiger partial charge on any atom is 0.337 e. The van der Waals surface area contributed by atoms with Crippen LogP contribution in [-0.4, -0.2) is 92.8 Å². The van der Waals surface area contributed by atoms with Crippen molar-refractivity contribution < 1.29 is 49.1 Å². The SMILES string of the molecule is CCCCCCCC(=O)CCCCCC/C=C/[C@H](C(=O)N[C@@H](Cc1ccc(OC2CCN(C)CC2)cc1)C(=O)O)[C@@](O)(CC(=O)O)C(=O)O. The zero-order chi connectivity index (χ0) is 36.2. The van der Waals surface area contributed by atoms with Gasteiger partial charge in [0.15, 0.2) is 5.60 Å². The molecule has 0 spiro atoms. The number of nitrogens with zero attached hydrogens (tertiary/aromatic N) is 1. The molecule has 1 amide bonds. The summed E-state index contributed by atoms with van der Waals surface area (Å²) in [4.78, 5) is 63.4. The van der Waals surface area contributed by atoms with Crippen molar-refractivity contribution in [2.45, 2.75) is 127 Å². The van der Waals surface area contributed by atoms with Crippen molar-refractivity contribution in [2.75, 3.05) is 20.1 Å². The lowest BCUT2D eigenvalue weighted by Gasteiger charge is -2.29. The minimum Gasteiger partial charge on any atom is -0.490 e. The number of carboxylic acids is 3. The number of ketones is 1. The number of nitrogens with one attached hydrogen (secondary N) is 1. The number of aliphatic hydroxyl groups is 1. The van der Waals surface area contributed by atoms with Crippen LogP contribution in [0.1, 0.15) is 109 Å². The lowest BCUT2D eigenvalue weighted by Crippen LogP contribution is -2.55. The number of likely N-dealkylation sites (tertiary alicyclic amines) is 1. The minimum atomic E-state index is -3.01. The van der Waals surface area contributed by atoms with Crippen molar-refractivity contribution in [3.05, 3.63) is 42.0 Å². The van der Waals surface area contributed by atoms with E-state index in [1.54, 1.807) is 24.3 Å². The fourth-order valence-electron chi connectivity index (χ4n) is 5.93. The maximum absolute atomic E-state index is 13.4. The number of unbranched alkanes of at least 4 members (excludes halogenated alkanes) is 8. The third kappa shape index (κ3) is 15.5. The quantitative estimate of drug-likeness (QED) is 0.0686. The molecule has 5 N–H and O–H groups in total. The van der Waals surface area contributed by atoms with Crippen LogP contribution in [0.25, 0.3) is 0 Å². The van der Waals surface area contributed by atoms with Crippen LogP contribution < -0.4 is 10.1 Å². The molecular weight excluding hydrogens is 632 g/mol. The van der Waals surface area contributed by atoms with Crippen molar-refractivity contribution in [3.63, 3.8) is 0 Å². The average molecular weight is 689 g/mol. The highest BCUT2D eigenvalue weighted by molar-refractivity contribution is 5.94. The first kappa shape index (κ1) is 41.4. The van der Waals surface area contributed by atoms with E-state index in [4.69, 9.17) is 4.74 Å². The van der Waals surface area contributed by atoms with Gasteiger partial charge in [-0.3, -0.25) is 14.4 Å². The molecule has 1 aliphatic heterocycles. The molecule has 0 saturated carbocycles. The number of carbonyl (C=O) groups is 5. The van der Waals surface area contributed by atoms with E-state index in [1.165, 1.54) is 12.5 Å². The van der Waals surface area contributed by atoms with Crippen LogP contribution in [0.5, 0.6) is 5.75 Å². The van der Waals surface area contributed by atoms with E-state index < -0.39 is 47.8 Å².